The number of rotatable bonds is 4. The molecule has 0 amide bonds. The van der Waals surface area contributed by atoms with Crippen molar-refractivity contribution in [2.75, 3.05) is 13.1 Å². The van der Waals surface area contributed by atoms with Crippen molar-refractivity contribution in [3.05, 3.63) is 84.4 Å². The standard InChI is InChI=1S/C24H24N4/c1-3-9-19(10-4-1)20-12-13-23-26-24(21-11-5-6-14-25-21)22(28(23)17-20)18-27-15-7-2-8-16-27/h2-3,5-7,9-14,17H,1,4,8,15-16,18H2. The Kier molecular flexibility index (Phi) is 4.63. The molecule has 3 aromatic rings. The second-order valence-corrected chi connectivity index (χ2v) is 7.40. The first-order chi connectivity index (χ1) is 13.9. The van der Waals surface area contributed by atoms with Gasteiger partial charge in [-0.25, -0.2) is 4.98 Å². The van der Waals surface area contributed by atoms with E-state index in [1.165, 1.54) is 16.8 Å². The molecule has 0 unspecified atom stereocenters. The van der Waals surface area contributed by atoms with E-state index in [-0.39, 0.29) is 0 Å². The highest BCUT2D eigenvalue weighted by Crippen LogP contribution is 2.27. The van der Waals surface area contributed by atoms with Crippen molar-refractivity contribution in [1.82, 2.24) is 19.3 Å². The molecule has 3 aromatic heterocycles. The van der Waals surface area contributed by atoms with Gasteiger partial charge in [-0.15, -0.1) is 0 Å². The Hall–Kier alpha value is -2.98. The molecule has 0 fully saturated rings. The van der Waals surface area contributed by atoms with Crippen LogP contribution in [0.25, 0.3) is 22.6 Å². The van der Waals surface area contributed by atoms with Crippen LogP contribution in [-0.4, -0.2) is 32.4 Å². The van der Waals surface area contributed by atoms with Crippen LogP contribution >= 0.6 is 0 Å². The Morgan fingerprint density at radius 3 is 2.75 bits per heavy atom. The minimum atomic E-state index is 0.871. The second kappa shape index (κ2) is 7.56. The van der Waals surface area contributed by atoms with Gasteiger partial charge in [-0.3, -0.25) is 9.88 Å². The predicted molar refractivity (Wildman–Crippen MR) is 114 cm³/mol. The molecule has 0 saturated carbocycles. The van der Waals surface area contributed by atoms with E-state index >= 15 is 0 Å². The van der Waals surface area contributed by atoms with Crippen LogP contribution in [0.5, 0.6) is 0 Å². The molecule has 0 atom stereocenters. The molecule has 0 aromatic carbocycles. The summed E-state index contributed by atoms with van der Waals surface area (Å²) in [4.78, 5) is 12.0. The predicted octanol–water partition coefficient (Wildman–Crippen LogP) is 4.89. The number of fused-ring (bicyclic) bond motifs is 1. The zero-order valence-electron chi connectivity index (χ0n) is 16.0. The molecule has 1 aliphatic heterocycles. The second-order valence-electron chi connectivity index (χ2n) is 7.40. The van der Waals surface area contributed by atoms with Crippen molar-refractivity contribution in [3.8, 4) is 11.4 Å². The average Bonchev–Trinajstić information content (AvgIpc) is 3.13. The van der Waals surface area contributed by atoms with Crippen LogP contribution in [0, 0.1) is 0 Å². The van der Waals surface area contributed by atoms with Crippen LogP contribution in [-0.2, 0) is 6.54 Å². The molecule has 4 nitrogen and oxygen atoms in total. The maximum absolute atomic E-state index is 4.95. The topological polar surface area (TPSA) is 33.4 Å². The van der Waals surface area contributed by atoms with Crippen molar-refractivity contribution in [1.29, 1.82) is 0 Å². The molecule has 4 heterocycles. The molecule has 0 radical (unpaired) electrons. The molecule has 140 valence electrons. The van der Waals surface area contributed by atoms with Gasteiger partial charge in [0.1, 0.15) is 11.3 Å². The number of aromatic nitrogens is 3. The average molecular weight is 368 g/mol. The Labute approximate surface area is 165 Å². The van der Waals surface area contributed by atoms with Gasteiger partial charge in [0.15, 0.2) is 0 Å². The van der Waals surface area contributed by atoms with Crippen molar-refractivity contribution in [2.45, 2.75) is 25.8 Å². The monoisotopic (exact) mass is 368 g/mol. The molecule has 0 saturated heterocycles. The fourth-order valence-electron chi connectivity index (χ4n) is 4.00. The molecule has 0 bridgehead atoms. The number of hydrogen-bond donors (Lipinski definition) is 0. The van der Waals surface area contributed by atoms with Gasteiger partial charge in [0.2, 0.25) is 0 Å². The maximum Gasteiger partial charge on any atom is 0.137 e. The van der Waals surface area contributed by atoms with E-state index in [0.29, 0.717) is 0 Å². The van der Waals surface area contributed by atoms with Gasteiger partial charge in [0.25, 0.3) is 0 Å². The lowest BCUT2D eigenvalue weighted by atomic mass is 10.0. The van der Waals surface area contributed by atoms with Gasteiger partial charge in [0, 0.05) is 32.0 Å². The zero-order valence-corrected chi connectivity index (χ0v) is 16.0. The van der Waals surface area contributed by atoms with Crippen molar-refractivity contribution >= 4 is 11.2 Å². The fourth-order valence-corrected chi connectivity index (χ4v) is 4.00. The van der Waals surface area contributed by atoms with E-state index < -0.39 is 0 Å². The van der Waals surface area contributed by atoms with Crippen LogP contribution in [0.2, 0.25) is 0 Å². The van der Waals surface area contributed by atoms with Gasteiger partial charge in [-0.2, -0.15) is 0 Å². The Balaban J connectivity index is 1.63. The van der Waals surface area contributed by atoms with Crippen LogP contribution < -0.4 is 0 Å². The summed E-state index contributed by atoms with van der Waals surface area (Å²) >= 11 is 0. The fraction of sp³-hybridized carbons (Fsp3) is 0.250. The highest BCUT2D eigenvalue weighted by molar-refractivity contribution is 5.75. The summed E-state index contributed by atoms with van der Waals surface area (Å²) in [7, 11) is 0. The minimum Gasteiger partial charge on any atom is -0.301 e. The first-order valence-electron chi connectivity index (χ1n) is 10.1. The van der Waals surface area contributed by atoms with Gasteiger partial charge in [-0.05, 0) is 54.7 Å². The smallest absolute Gasteiger partial charge is 0.137 e. The zero-order chi connectivity index (χ0) is 18.8. The summed E-state index contributed by atoms with van der Waals surface area (Å²) < 4.78 is 2.26. The molecular formula is C24H24N4. The number of allylic oxidation sites excluding steroid dienone is 4. The third-order valence-electron chi connectivity index (χ3n) is 5.47. The summed E-state index contributed by atoms with van der Waals surface area (Å²) in [6, 6.07) is 10.3. The number of nitrogens with zero attached hydrogens (tertiary/aromatic N) is 4. The summed E-state index contributed by atoms with van der Waals surface area (Å²) in [6.07, 6.45) is 18.8. The molecule has 2 aliphatic rings. The number of hydrogen-bond acceptors (Lipinski definition) is 3. The van der Waals surface area contributed by atoms with Crippen LogP contribution in [0.1, 0.15) is 30.5 Å². The largest absolute Gasteiger partial charge is 0.301 e. The van der Waals surface area contributed by atoms with Gasteiger partial charge in [-0.1, -0.05) is 36.4 Å². The SMILES string of the molecule is C1=CC(c2ccc3nc(-c4ccccn4)c(CN4CC=CCC4)n3c2)=CCC1. The van der Waals surface area contributed by atoms with Crippen molar-refractivity contribution < 1.29 is 0 Å². The van der Waals surface area contributed by atoms with E-state index in [0.717, 1.165) is 55.9 Å². The maximum atomic E-state index is 4.95. The van der Waals surface area contributed by atoms with Gasteiger partial charge in [0.05, 0.1) is 11.4 Å². The lowest BCUT2D eigenvalue weighted by Crippen LogP contribution is -2.27. The summed E-state index contributed by atoms with van der Waals surface area (Å²) in [5.74, 6) is 0. The summed E-state index contributed by atoms with van der Waals surface area (Å²) in [6.45, 7) is 2.94. The molecule has 1 aliphatic carbocycles. The molecule has 5 rings (SSSR count). The van der Waals surface area contributed by atoms with E-state index in [9.17, 15) is 0 Å². The Morgan fingerprint density at radius 2 is 1.96 bits per heavy atom. The lowest BCUT2D eigenvalue weighted by Gasteiger charge is -2.23. The van der Waals surface area contributed by atoms with Gasteiger partial charge < -0.3 is 4.40 Å². The first-order valence-corrected chi connectivity index (χ1v) is 10.1. The summed E-state index contributed by atoms with van der Waals surface area (Å²) in [5.41, 5.74) is 6.66. The molecule has 0 spiro atoms. The van der Waals surface area contributed by atoms with E-state index in [1.54, 1.807) is 0 Å². The van der Waals surface area contributed by atoms with Crippen LogP contribution in [0.4, 0.5) is 0 Å². The van der Waals surface area contributed by atoms with Crippen LogP contribution in [0.3, 0.4) is 0 Å². The summed E-state index contributed by atoms with van der Waals surface area (Å²) in [5, 5.41) is 0. The van der Waals surface area contributed by atoms with Gasteiger partial charge >= 0.3 is 0 Å². The van der Waals surface area contributed by atoms with E-state index in [2.05, 4.69) is 69.1 Å². The number of pyridine rings is 2. The first kappa shape index (κ1) is 17.1. The molecule has 28 heavy (non-hydrogen) atoms. The minimum absolute atomic E-state index is 0.871. The Bertz CT molecular complexity index is 1070. The third-order valence-corrected chi connectivity index (χ3v) is 5.47. The molecular weight excluding hydrogens is 344 g/mol. The Morgan fingerprint density at radius 1 is 0.964 bits per heavy atom. The highest BCUT2D eigenvalue weighted by atomic mass is 15.2. The quantitative estimate of drug-likeness (QED) is 0.615. The normalized spacial score (nSPS) is 17.2. The molecule has 4 heteroatoms. The van der Waals surface area contributed by atoms with E-state index in [1.807, 2.05) is 18.3 Å². The lowest BCUT2D eigenvalue weighted by molar-refractivity contribution is 0.287. The van der Waals surface area contributed by atoms with Crippen molar-refractivity contribution in [2.24, 2.45) is 0 Å². The molecule has 0 N–H and O–H groups in total. The third kappa shape index (κ3) is 3.32. The number of imidazole rings is 1. The van der Waals surface area contributed by atoms with Crippen molar-refractivity contribution in [3.63, 3.8) is 0 Å². The highest BCUT2D eigenvalue weighted by Gasteiger charge is 2.19. The van der Waals surface area contributed by atoms with E-state index in [4.69, 9.17) is 4.98 Å². The van der Waals surface area contributed by atoms with Crippen LogP contribution in [0.15, 0.2) is 73.1 Å².